The Morgan fingerprint density at radius 2 is 1.78 bits per heavy atom. The Kier molecular flexibility index (Phi) is 8.83. The molecule has 0 atom stereocenters. The van der Waals surface area contributed by atoms with Gasteiger partial charge in [-0.2, -0.15) is 0 Å². The van der Waals surface area contributed by atoms with E-state index in [1.807, 2.05) is 0 Å². The molecule has 8 heteroatoms. The number of hydrogen-bond acceptors (Lipinski definition) is 5. The molecule has 1 N–H and O–H groups in total. The second-order valence-corrected chi connectivity index (χ2v) is 5.75. The van der Waals surface area contributed by atoms with Gasteiger partial charge in [0.2, 0.25) is 10.4 Å². The third kappa shape index (κ3) is 17.4. The van der Waals surface area contributed by atoms with Gasteiger partial charge in [-0.25, -0.2) is 13.2 Å². The minimum absolute atomic E-state index is 0.309. The fourth-order valence-corrected chi connectivity index (χ4v) is 0.874. The molecule has 0 aromatic heterocycles. The van der Waals surface area contributed by atoms with Gasteiger partial charge in [0.1, 0.15) is 0 Å². The van der Waals surface area contributed by atoms with Crippen LogP contribution in [0.15, 0.2) is 12.2 Å². The van der Waals surface area contributed by atoms with Gasteiger partial charge in [-0.3, -0.25) is 4.18 Å². The van der Waals surface area contributed by atoms with Crippen LogP contribution in [0.2, 0.25) is 0 Å². The second-order valence-electron chi connectivity index (χ2n) is 4.60. The summed E-state index contributed by atoms with van der Waals surface area (Å²) < 4.78 is 31.9. The molecule has 0 rings (SSSR count). The molecule has 0 radical (unpaired) electrons. The monoisotopic (exact) mass is 283 g/mol. The standard InChI is InChI=1S/C9H17NO2.CH4O4S/c1-8(9(11)12)6-5-7-10(2,3)4;1-5-6(2,3)4/h1,5-7H2,2-4H3;1H3,(H,2,3,4). The SMILES string of the molecule is C=C(CCC[N+](C)(C)C)C(=O)O.COS(=O)(=O)[O-]. The molecule has 0 fully saturated rings. The van der Waals surface area contributed by atoms with Gasteiger partial charge in [0.15, 0.2) is 0 Å². The van der Waals surface area contributed by atoms with Crippen LogP contribution >= 0.6 is 0 Å². The molecule has 0 unspecified atom stereocenters. The summed E-state index contributed by atoms with van der Waals surface area (Å²) in [7, 11) is 2.66. The molecule has 0 aliphatic rings. The van der Waals surface area contributed by atoms with E-state index in [-0.39, 0.29) is 0 Å². The molecule has 0 spiro atoms. The summed E-state index contributed by atoms with van der Waals surface area (Å²) in [4.78, 5) is 10.4. The molecule has 0 amide bonds. The van der Waals surface area contributed by atoms with Crippen molar-refractivity contribution in [3.8, 4) is 0 Å². The van der Waals surface area contributed by atoms with Gasteiger partial charge < -0.3 is 14.1 Å². The Morgan fingerprint density at radius 3 is 2.00 bits per heavy atom. The van der Waals surface area contributed by atoms with Gasteiger partial charge in [0.05, 0.1) is 34.8 Å². The van der Waals surface area contributed by atoms with Gasteiger partial charge in [-0.15, -0.1) is 0 Å². The van der Waals surface area contributed by atoms with Crippen molar-refractivity contribution in [3.63, 3.8) is 0 Å². The predicted molar refractivity (Wildman–Crippen MR) is 65.6 cm³/mol. The highest BCUT2D eigenvalue weighted by Crippen LogP contribution is 2.04. The van der Waals surface area contributed by atoms with Crippen molar-refractivity contribution in [2.75, 3.05) is 34.8 Å². The smallest absolute Gasteiger partial charge is 0.330 e. The summed E-state index contributed by atoms with van der Waals surface area (Å²) in [6, 6.07) is 0. The zero-order valence-electron chi connectivity index (χ0n) is 11.2. The van der Waals surface area contributed by atoms with Crippen molar-refractivity contribution in [1.82, 2.24) is 0 Å². The van der Waals surface area contributed by atoms with E-state index in [2.05, 4.69) is 31.9 Å². The fraction of sp³-hybridized carbons (Fsp3) is 0.700. The molecule has 0 saturated carbocycles. The lowest BCUT2D eigenvalue weighted by Crippen LogP contribution is -2.35. The van der Waals surface area contributed by atoms with Crippen LogP contribution in [0, 0.1) is 0 Å². The highest BCUT2D eigenvalue weighted by molar-refractivity contribution is 7.80. The lowest BCUT2D eigenvalue weighted by molar-refractivity contribution is -0.870. The molecule has 0 aliphatic heterocycles. The predicted octanol–water partition coefficient (Wildman–Crippen LogP) is 0.207. The molecule has 0 saturated heterocycles. The van der Waals surface area contributed by atoms with E-state index in [1.165, 1.54) is 0 Å². The van der Waals surface area contributed by atoms with E-state index in [1.54, 1.807) is 0 Å². The van der Waals surface area contributed by atoms with Crippen LogP contribution in [-0.2, 0) is 19.4 Å². The molecular weight excluding hydrogens is 262 g/mol. The van der Waals surface area contributed by atoms with Gasteiger partial charge in [0.25, 0.3) is 0 Å². The maximum absolute atomic E-state index is 10.4. The molecule has 0 heterocycles. The molecule has 7 nitrogen and oxygen atoms in total. The number of carbonyl (C=O) groups is 1. The van der Waals surface area contributed by atoms with Crippen LogP contribution in [-0.4, -0.2) is 63.3 Å². The van der Waals surface area contributed by atoms with Gasteiger partial charge in [-0.1, -0.05) is 6.58 Å². The lowest BCUT2D eigenvalue weighted by atomic mass is 10.1. The minimum atomic E-state index is -4.41. The first-order valence-electron chi connectivity index (χ1n) is 5.12. The summed E-state index contributed by atoms with van der Waals surface area (Å²) in [5, 5.41) is 8.51. The summed E-state index contributed by atoms with van der Waals surface area (Å²) in [6.07, 6.45) is 1.47. The summed E-state index contributed by atoms with van der Waals surface area (Å²) >= 11 is 0. The number of rotatable bonds is 6. The third-order valence-electron chi connectivity index (χ3n) is 1.81. The summed E-state index contributed by atoms with van der Waals surface area (Å²) in [5.74, 6) is -0.878. The first-order chi connectivity index (χ1) is 7.89. The molecule has 0 aromatic rings. The number of carboxylic acid groups (broad SMARTS) is 1. The van der Waals surface area contributed by atoms with Crippen LogP contribution in [0.5, 0.6) is 0 Å². The maximum atomic E-state index is 10.4. The van der Waals surface area contributed by atoms with E-state index in [9.17, 15) is 17.8 Å². The van der Waals surface area contributed by atoms with Crippen LogP contribution in [0.3, 0.4) is 0 Å². The largest absolute Gasteiger partial charge is 0.726 e. The quantitative estimate of drug-likeness (QED) is 0.323. The fourth-order valence-electron chi connectivity index (χ4n) is 0.874. The molecular formula is C10H21NO6S. The first-order valence-corrected chi connectivity index (χ1v) is 6.45. The minimum Gasteiger partial charge on any atom is -0.726 e. The van der Waals surface area contributed by atoms with Gasteiger partial charge in [-0.05, 0) is 6.42 Å². The summed E-state index contributed by atoms with van der Waals surface area (Å²) in [5.41, 5.74) is 0.309. The Hall–Kier alpha value is -0.960. The van der Waals surface area contributed by atoms with E-state index in [0.717, 1.165) is 24.6 Å². The van der Waals surface area contributed by atoms with E-state index in [0.29, 0.717) is 12.0 Å². The van der Waals surface area contributed by atoms with Crippen molar-refractivity contribution in [1.29, 1.82) is 0 Å². The topological polar surface area (TPSA) is 104 Å². The number of hydrogen-bond donors (Lipinski definition) is 1. The zero-order chi connectivity index (χ0) is 15.0. The lowest BCUT2D eigenvalue weighted by Gasteiger charge is -2.23. The third-order valence-corrected chi connectivity index (χ3v) is 2.22. The first kappa shape index (κ1) is 19.4. The molecule has 0 aliphatic carbocycles. The number of carboxylic acids is 1. The highest BCUT2D eigenvalue weighted by atomic mass is 32.3. The number of quaternary nitrogens is 1. The summed E-state index contributed by atoms with van der Waals surface area (Å²) in [6.45, 7) is 4.45. The van der Waals surface area contributed by atoms with Crippen LogP contribution < -0.4 is 0 Å². The van der Waals surface area contributed by atoms with Crippen molar-refractivity contribution >= 4 is 16.4 Å². The van der Waals surface area contributed by atoms with Crippen molar-refractivity contribution in [2.45, 2.75) is 12.8 Å². The Labute approximate surface area is 108 Å². The van der Waals surface area contributed by atoms with Crippen LogP contribution in [0.4, 0.5) is 0 Å². The highest BCUT2D eigenvalue weighted by Gasteiger charge is 2.08. The average molecular weight is 283 g/mol. The number of aliphatic carboxylic acids is 1. The molecule has 0 aromatic carbocycles. The van der Waals surface area contributed by atoms with Crippen molar-refractivity contribution in [3.05, 3.63) is 12.2 Å². The molecule has 108 valence electrons. The van der Waals surface area contributed by atoms with E-state index >= 15 is 0 Å². The van der Waals surface area contributed by atoms with Crippen molar-refractivity contribution < 1.29 is 31.5 Å². The van der Waals surface area contributed by atoms with Crippen LogP contribution in [0.25, 0.3) is 0 Å². The van der Waals surface area contributed by atoms with Crippen molar-refractivity contribution in [2.24, 2.45) is 0 Å². The maximum Gasteiger partial charge on any atom is 0.330 e. The Bertz CT molecular complexity index is 368. The number of nitrogens with zero attached hydrogens (tertiary/aromatic N) is 1. The van der Waals surface area contributed by atoms with Gasteiger partial charge in [0, 0.05) is 12.0 Å². The van der Waals surface area contributed by atoms with Crippen LogP contribution in [0.1, 0.15) is 12.8 Å². The van der Waals surface area contributed by atoms with E-state index < -0.39 is 16.4 Å². The molecule has 18 heavy (non-hydrogen) atoms. The average Bonchev–Trinajstić information content (AvgIpc) is 2.15. The molecule has 0 bridgehead atoms. The zero-order valence-corrected chi connectivity index (χ0v) is 12.0. The Balaban J connectivity index is 0. The second kappa shape index (κ2) is 8.20. The van der Waals surface area contributed by atoms with E-state index in [4.69, 9.17) is 5.11 Å². The van der Waals surface area contributed by atoms with Gasteiger partial charge >= 0.3 is 5.97 Å². The normalized spacial score (nSPS) is 11.4. The Morgan fingerprint density at radius 1 is 1.39 bits per heavy atom.